The van der Waals surface area contributed by atoms with Gasteiger partial charge in [-0.3, -0.25) is 4.79 Å². The standard InChI is InChI=1S/C20H19BrCl2F2O3/c1-20(2,10-4-6-11(21)7-5-10)14(19(26)27)8-12-15(22)17(24)13(9-28-3)18(25)16(12)23/h4-7,14H,8-9H2,1-3H3,(H,26,27). The molecule has 0 aliphatic rings. The maximum atomic E-state index is 14.5. The Labute approximate surface area is 180 Å². The van der Waals surface area contributed by atoms with E-state index in [1.165, 1.54) is 7.11 Å². The molecule has 0 aliphatic carbocycles. The zero-order valence-electron chi connectivity index (χ0n) is 15.5. The molecule has 2 aromatic rings. The molecule has 0 heterocycles. The number of carbonyl (C=O) groups is 1. The van der Waals surface area contributed by atoms with Crippen LogP contribution in [-0.2, 0) is 28.0 Å². The number of carboxylic acids is 1. The average Bonchev–Trinajstić information content (AvgIpc) is 2.63. The van der Waals surface area contributed by atoms with Crippen molar-refractivity contribution in [1.29, 1.82) is 0 Å². The van der Waals surface area contributed by atoms with Gasteiger partial charge in [0.1, 0.15) is 0 Å². The summed E-state index contributed by atoms with van der Waals surface area (Å²) in [6, 6.07) is 7.20. The van der Waals surface area contributed by atoms with Crippen LogP contribution in [0.4, 0.5) is 8.78 Å². The lowest BCUT2D eigenvalue weighted by Gasteiger charge is -2.33. The minimum atomic E-state index is -1.12. The molecule has 8 heteroatoms. The van der Waals surface area contributed by atoms with Gasteiger partial charge in [-0.05, 0) is 29.7 Å². The van der Waals surface area contributed by atoms with Gasteiger partial charge in [0.05, 0.1) is 28.1 Å². The fourth-order valence-electron chi connectivity index (χ4n) is 3.11. The van der Waals surface area contributed by atoms with Crippen LogP contribution in [0.25, 0.3) is 0 Å². The van der Waals surface area contributed by atoms with Gasteiger partial charge < -0.3 is 9.84 Å². The third-order valence-electron chi connectivity index (χ3n) is 4.90. The van der Waals surface area contributed by atoms with Crippen LogP contribution in [0.1, 0.15) is 30.5 Å². The molecule has 3 nitrogen and oxygen atoms in total. The minimum absolute atomic E-state index is 0.0734. The highest BCUT2D eigenvalue weighted by Gasteiger charge is 2.38. The fraction of sp³-hybridized carbons (Fsp3) is 0.350. The van der Waals surface area contributed by atoms with Crippen molar-refractivity contribution in [1.82, 2.24) is 0 Å². The van der Waals surface area contributed by atoms with Crippen molar-refractivity contribution in [3.8, 4) is 0 Å². The first-order chi connectivity index (χ1) is 13.0. The number of benzene rings is 2. The van der Waals surface area contributed by atoms with E-state index in [2.05, 4.69) is 15.9 Å². The SMILES string of the molecule is COCc1c(F)c(Cl)c(CC(C(=O)O)C(C)(C)c2ccc(Br)cc2)c(Cl)c1F. The van der Waals surface area contributed by atoms with Gasteiger partial charge >= 0.3 is 5.97 Å². The van der Waals surface area contributed by atoms with Crippen molar-refractivity contribution in [2.45, 2.75) is 32.3 Å². The van der Waals surface area contributed by atoms with Crippen molar-refractivity contribution >= 4 is 45.1 Å². The average molecular weight is 496 g/mol. The number of hydrogen-bond acceptors (Lipinski definition) is 2. The lowest BCUT2D eigenvalue weighted by Crippen LogP contribution is -2.36. The largest absolute Gasteiger partial charge is 0.481 e. The summed E-state index contributed by atoms with van der Waals surface area (Å²) < 4.78 is 34.7. The summed E-state index contributed by atoms with van der Waals surface area (Å²) in [7, 11) is 1.29. The quantitative estimate of drug-likeness (QED) is 0.452. The van der Waals surface area contributed by atoms with Crippen molar-refractivity contribution in [3.05, 3.63) is 67.1 Å². The van der Waals surface area contributed by atoms with E-state index in [9.17, 15) is 18.7 Å². The molecule has 152 valence electrons. The second-order valence-electron chi connectivity index (χ2n) is 6.97. The molecule has 0 bridgehead atoms. The van der Waals surface area contributed by atoms with Gasteiger partial charge in [0.15, 0.2) is 11.6 Å². The first-order valence-electron chi connectivity index (χ1n) is 8.33. The molecular weight excluding hydrogens is 477 g/mol. The number of halogens is 5. The molecule has 0 radical (unpaired) electrons. The predicted octanol–water partition coefficient (Wildman–Crippen LogP) is 6.40. The summed E-state index contributed by atoms with van der Waals surface area (Å²) in [5, 5.41) is 9.06. The smallest absolute Gasteiger partial charge is 0.307 e. The number of carboxylic acid groups (broad SMARTS) is 1. The van der Waals surface area contributed by atoms with Crippen molar-refractivity contribution in [2.75, 3.05) is 7.11 Å². The molecular formula is C20H19BrCl2F2O3. The third-order valence-corrected chi connectivity index (χ3v) is 6.22. The Morgan fingerprint density at radius 2 is 1.64 bits per heavy atom. The summed E-state index contributed by atoms with van der Waals surface area (Å²) in [4.78, 5) is 12.0. The van der Waals surface area contributed by atoms with Crippen LogP contribution >= 0.6 is 39.1 Å². The Hall–Kier alpha value is -1.21. The van der Waals surface area contributed by atoms with Gasteiger partial charge in [0.2, 0.25) is 0 Å². The molecule has 1 unspecified atom stereocenters. The van der Waals surface area contributed by atoms with E-state index in [1.807, 2.05) is 0 Å². The van der Waals surface area contributed by atoms with Crippen LogP contribution in [-0.4, -0.2) is 18.2 Å². The monoisotopic (exact) mass is 494 g/mol. The highest BCUT2D eigenvalue weighted by molar-refractivity contribution is 9.10. The first-order valence-corrected chi connectivity index (χ1v) is 9.88. The molecule has 0 amide bonds. The lowest BCUT2D eigenvalue weighted by molar-refractivity contribution is -0.144. The Balaban J connectivity index is 2.53. The molecule has 0 spiro atoms. The van der Waals surface area contributed by atoms with Gasteiger partial charge in [-0.2, -0.15) is 0 Å². The highest BCUT2D eigenvalue weighted by atomic mass is 79.9. The van der Waals surface area contributed by atoms with Crippen LogP contribution in [0.2, 0.25) is 10.0 Å². The lowest BCUT2D eigenvalue weighted by atomic mass is 9.71. The Kier molecular flexibility index (Phi) is 7.48. The normalized spacial score (nSPS) is 12.9. The zero-order valence-corrected chi connectivity index (χ0v) is 18.6. The van der Waals surface area contributed by atoms with Gasteiger partial charge in [-0.15, -0.1) is 0 Å². The number of hydrogen-bond donors (Lipinski definition) is 1. The van der Waals surface area contributed by atoms with Gasteiger partial charge in [-0.25, -0.2) is 8.78 Å². The van der Waals surface area contributed by atoms with E-state index >= 15 is 0 Å². The molecule has 0 saturated heterocycles. The van der Waals surface area contributed by atoms with Crippen molar-refractivity contribution in [3.63, 3.8) is 0 Å². The Morgan fingerprint density at radius 1 is 1.14 bits per heavy atom. The number of aliphatic carboxylic acids is 1. The van der Waals surface area contributed by atoms with Crippen LogP contribution < -0.4 is 0 Å². The van der Waals surface area contributed by atoms with E-state index < -0.39 is 39.0 Å². The summed E-state index contributed by atoms with van der Waals surface area (Å²) in [6.07, 6.45) is -0.239. The number of rotatable bonds is 7. The van der Waals surface area contributed by atoms with Gasteiger partial charge in [0.25, 0.3) is 0 Å². The minimum Gasteiger partial charge on any atom is -0.481 e. The first kappa shape index (κ1) is 23.1. The fourth-order valence-corrected chi connectivity index (χ4v) is 3.99. The van der Waals surface area contributed by atoms with E-state index in [-0.39, 0.29) is 24.2 Å². The molecule has 0 saturated carbocycles. The number of methoxy groups -OCH3 is 1. The third kappa shape index (κ3) is 4.51. The molecule has 0 fully saturated rings. The summed E-state index contributed by atoms with van der Waals surface area (Å²) in [5.74, 6) is -4.14. The van der Waals surface area contributed by atoms with Crippen LogP contribution in [0, 0.1) is 17.6 Å². The summed E-state index contributed by atoms with van der Waals surface area (Å²) >= 11 is 15.5. The van der Waals surface area contributed by atoms with E-state index in [4.69, 9.17) is 27.9 Å². The molecule has 1 atom stereocenters. The van der Waals surface area contributed by atoms with Gasteiger partial charge in [-0.1, -0.05) is 65.1 Å². The topological polar surface area (TPSA) is 46.5 Å². The van der Waals surface area contributed by atoms with Gasteiger partial charge in [0, 0.05) is 17.0 Å². The molecule has 1 N–H and O–H groups in total. The Bertz CT molecular complexity index is 857. The van der Waals surface area contributed by atoms with Crippen LogP contribution in [0.5, 0.6) is 0 Å². The summed E-state index contributed by atoms with van der Waals surface area (Å²) in [6.45, 7) is 3.16. The van der Waals surface area contributed by atoms with Crippen molar-refractivity contribution < 1.29 is 23.4 Å². The molecule has 0 aromatic heterocycles. The maximum Gasteiger partial charge on any atom is 0.307 e. The molecule has 2 rings (SSSR count). The van der Waals surface area contributed by atoms with E-state index in [0.717, 1.165) is 10.0 Å². The zero-order chi connectivity index (χ0) is 21.2. The summed E-state index contributed by atoms with van der Waals surface area (Å²) in [5.41, 5.74) is -0.569. The second kappa shape index (κ2) is 9.08. The van der Waals surface area contributed by atoms with E-state index in [0.29, 0.717) is 0 Å². The van der Waals surface area contributed by atoms with Crippen LogP contribution in [0.15, 0.2) is 28.7 Å². The second-order valence-corrected chi connectivity index (χ2v) is 8.64. The maximum absolute atomic E-state index is 14.5. The predicted molar refractivity (Wildman–Crippen MR) is 109 cm³/mol. The van der Waals surface area contributed by atoms with Crippen LogP contribution in [0.3, 0.4) is 0 Å². The molecule has 0 aliphatic heterocycles. The van der Waals surface area contributed by atoms with Crippen molar-refractivity contribution in [2.24, 2.45) is 5.92 Å². The highest BCUT2D eigenvalue weighted by Crippen LogP contribution is 2.40. The molecule has 2 aromatic carbocycles. The number of ether oxygens (including phenoxy) is 1. The molecule has 28 heavy (non-hydrogen) atoms. The Morgan fingerprint density at radius 3 is 2.07 bits per heavy atom. The van der Waals surface area contributed by atoms with E-state index in [1.54, 1.807) is 38.1 Å².